The van der Waals surface area contributed by atoms with Crippen LogP contribution >= 0.6 is 11.3 Å². The van der Waals surface area contributed by atoms with Crippen LogP contribution in [0, 0.1) is 5.41 Å². The lowest BCUT2D eigenvalue weighted by atomic mass is 9.73. The van der Waals surface area contributed by atoms with Crippen LogP contribution in [0.3, 0.4) is 0 Å². The Morgan fingerprint density at radius 2 is 2.08 bits per heavy atom. The molecule has 5 rings (SSSR count). The van der Waals surface area contributed by atoms with Crippen molar-refractivity contribution in [2.45, 2.75) is 33.1 Å². The molecule has 0 spiro atoms. The fraction of sp³-hybridized carbons (Fsp3) is 0.526. The number of ether oxygens (including phenoxy) is 1. The molecule has 4 heterocycles. The maximum absolute atomic E-state index is 12.3. The highest BCUT2D eigenvalue weighted by Crippen LogP contribution is 2.44. The van der Waals surface area contributed by atoms with Crippen LogP contribution in [0.4, 0.5) is 5.82 Å². The van der Waals surface area contributed by atoms with Gasteiger partial charge in [0.05, 0.1) is 25.1 Å². The Bertz CT molecular complexity index is 1060. The van der Waals surface area contributed by atoms with Gasteiger partial charge in [0.15, 0.2) is 0 Å². The summed E-state index contributed by atoms with van der Waals surface area (Å²) >= 11 is 1.46. The van der Waals surface area contributed by atoms with Crippen molar-refractivity contribution in [3.05, 3.63) is 27.8 Å². The van der Waals surface area contributed by atoms with Crippen LogP contribution in [-0.4, -0.2) is 41.3 Å². The number of thiophene rings is 1. The van der Waals surface area contributed by atoms with Crippen LogP contribution in [0.2, 0.25) is 0 Å². The topological polar surface area (TPSA) is 71.1 Å². The predicted molar refractivity (Wildman–Crippen MR) is 104 cm³/mol. The second kappa shape index (κ2) is 5.76. The summed E-state index contributed by atoms with van der Waals surface area (Å²) in [4.78, 5) is 27.8. The van der Waals surface area contributed by atoms with E-state index >= 15 is 0 Å². The average Bonchev–Trinajstić information content (AvgIpc) is 3.01. The van der Waals surface area contributed by atoms with Gasteiger partial charge >= 0.3 is 0 Å². The second-order valence-corrected chi connectivity index (χ2v) is 9.02. The lowest BCUT2D eigenvalue weighted by Crippen LogP contribution is -2.38. The molecule has 6 nitrogen and oxygen atoms in total. The Kier molecular flexibility index (Phi) is 3.59. The van der Waals surface area contributed by atoms with Crippen molar-refractivity contribution in [2.24, 2.45) is 5.41 Å². The van der Waals surface area contributed by atoms with E-state index in [0.29, 0.717) is 4.70 Å². The van der Waals surface area contributed by atoms with Gasteiger partial charge in [-0.05, 0) is 35.8 Å². The first kappa shape index (κ1) is 16.2. The van der Waals surface area contributed by atoms with Gasteiger partial charge in [-0.3, -0.25) is 4.79 Å². The molecule has 0 aromatic carbocycles. The number of aromatic nitrogens is 3. The summed E-state index contributed by atoms with van der Waals surface area (Å²) in [7, 11) is 0. The van der Waals surface area contributed by atoms with Crippen LogP contribution < -0.4 is 10.5 Å². The number of nitrogens with zero attached hydrogens (tertiary/aromatic N) is 3. The number of pyridine rings is 1. The van der Waals surface area contributed by atoms with Crippen molar-refractivity contribution < 1.29 is 4.74 Å². The fourth-order valence-corrected chi connectivity index (χ4v) is 5.28. The van der Waals surface area contributed by atoms with E-state index in [-0.39, 0.29) is 11.0 Å². The molecule has 1 aliphatic heterocycles. The SMILES string of the molecule is CC1(C)CCc2c(N3CCOCC3)nc3sc4c(=O)[nH]cnc4c3c2C1. The van der Waals surface area contributed by atoms with E-state index in [9.17, 15) is 4.79 Å². The Morgan fingerprint density at radius 3 is 2.88 bits per heavy atom. The Hall–Kier alpha value is -1.99. The normalized spacial score (nSPS) is 19.8. The molecule has 0 atom stereocenters. The Balaban J connectivity index is 1.83. The van der Waals surface area contributed by atoms with E-state index in [1.165, 1.54) is 28.8 Å². The van der Waals surface area contributed by atoms with Crippen LogP contribution in [-0.2, 0) is 17.6 Å². The van der Waals surface area contributed by atoms with E-state index in [1.54, 1.807) is 0 Å². The quantitative estimate of drug-likeness (QED) is 0.713. The first-order valence-corrected chi connectivity index (χ1v) is 9.99. The van der Waals surface area contributed by atoms with E-state index in [0.717, 1.165) is 67.1 Å². The Morgan fingerprint density at radius 1 is 1.27 bits per heavy atom. The molecular formula is C19H22N4O2S. The number of H-pyrrole nitrogens is 1. The van der Waals surface area contributed by atoms with Crippen molar-refractivity contribution in [3.63, 3.8) is 0 Å². The molecule has 3 aromatic rings. The van der Waals surface area contributed by atoms with Gasteiger partial charge in [-0.2, -0.15) is 0 Å². The van der Waals surface area contributed by atoms with Crippen molar-refractivity contribution in [1.29, 1.82) is 0 Å². The van der Waals surface area contributed by atoms with Crippen LogP contribution in [0.5, 0.6) is 0 Å². The Labute approximate surface area is 155 Å². The van der Waals surface area contributed by atoms with Crippen molar-refractivity contribution in [3.8, 4) is 0 Å². The molecule has 3 aromatic heterocycles. The molecule has 1 fully saturated rings. The smallest absolute Gasteiger partial charge is 0.268 e. The third kappa shape index (κ3) is 2.45. The minimum absolute atomic E-state index is 0.0743. The van der Waals surface area contributed by atoms with E-state index in [1.807, 2.05) is 0 Å². The zero-order valence-electron chi connectivity index (χ0n) is 15.1. The number of nitrogens with one attached hydrogen (secondary N) is 1. The highest BCUT2D eigenvalue weighted by molar-refractivity contribution is 7.25. The zero-order chi connectivity index (χ0) is 17.9. The molecule has 136 valence electrons. The maximum Gasteiger partial charge on any atom is 0.268 e. The summed E-state index contributed by atoms with van der Waals surface area (Å²) in [5.41, 5.74) is 3.68. The van der Waals surface area contributed by atoms with Gasteiger partial charge in [-0.25, -0.2) is 9.97 Å². The highest BCUT2D eigenvalue weighted by Gasteiger charge is 2.32. The monoisotopic (exact) mass is 370 g/mol. The first-order chi connectivity index (χ1) is 12.5. The first-order valence-electron chi connectivity index (χ1n) is 9.18. The van der Waals surface area contributed by atoms with Gasteiger partial charge in [0.1, 0.15) is 15.3 Å². The largest absolute Gasteiger partial charge is 0.378 e. The van der Waals surface area contributed by atoms with Gasteiger partial charge in [-0.15, -0.1) is 11.3 Å². The lowest BCUT2D eigenvalue weighted by Gasteiger charge is -2.36. The summed E-state index contributed by atoms with van der Waals surface area (Å²) in [6.07, 6.45) is 4.69. The minimum atomic E-state index is -0.0743. The number of anilines is 1. The van der Waals surface area contributed by atoms with Crippen LogP contribution in [0.25, 0.3) is 20.4 Å². The molecule has 0 bridgehead atoms. The average molecular weight is 370 g/mol. The lowest BCUT2D eigenvalue weighted by molar-refractivity contribution is 0.122. The summed E-state index contributed by atoms with van der Waals surface area (Å²) in [5, 5.41) is 1.09. The molecule has 1 saturated heterocycles. The van der Waals surface area contributed by atoms with Gasteiger partial charge in [-0.1, -0.05) is 13.8 Å². The molecule has 0 unspecified atom stereocenters. The number of morpholine rings is 1. The third-order valence-corrected chi connectivity index (χ3v) is 6.69. The second-order valence-electron chi connectivity index (χ2n) is 8.02. The molecule has 0 radical (unpaired) electrons. The number of rotatable bonds is 1. The van der Waals surface area contributed by atoms with Gasteiger partial charge in [0.2, 0.25) is 0 Å². The van der Waals surface area contributed by atoms with Gasteiger partial charge in [0, 0.05) is 18.5 Å². The molecule has 1 N–H and O–H groups in total. The van der Waals surface area contributed by atoms with Crippen molar-refractivity contribution in [2.75, 3.05) is 31.2 Å². The number of fused-ring (bicyclic) bond motifs is 5. The van der Waals surface area contributed by atoms with Crippen molar-refractivity contribution >= 4 is 37.6 Å². The number of hydrogen-bond acceptors (Lipinski definition) is 6. The van der Waals surface area contributed by atoms with Crippen LogP contribution in [0.1, 0.15) is 31.4 Å². The molecule has 1 aliphatic carbocycles. The van der Waals surface area contributed by atoms with Gasteiger partial charge < -0.3 is 14.6 Å². The number of hydrogen-bond donors (Lipinski definition) is 1. The molecular weight excluding hydrogens is 348 g/mol. The molecule has 2 aliphatic rings. The van der Waals surface area contributed by atoms with E-state index in [2.05, 4.69) is 28.7 Å². The standard InChI is InChI=1S/C19H22N4O2S/c1-19(2)4-3-11-12(9-19)13-14-15(17(24)21-10-20-14)26-18(13)22-16(11)23-5-7-25-8-6-23/h10H,3-9H2,1-2H3,(H,20,21,24). The molecule has 0 amide bonds. The maximum atomic E-state index is 12.3. The molecule has 0 saturated carbocycles. The van der Waals surface area contributed by atoms with Crippen molar-refractivity contribution in [1.82, 2.24) is 15.0 Å². The molecule has 7 heteroatoms. The third-order valence-electron chi connectivity index (χ3n) is 5.62. The van der Waals surface area contributed by atoms with Gasteiger partial charge in [0.25, 0.3) is 5.56 Å². The van der Waals surface area contributed by atoms with E-state index in [4.69, 9.17) is 9.72 Å². The zero-order valence-corrected chi connectivity index (χ0v) is 15.9. The van der Waals surface area contributed by atoms with Crippen LogP contribution in [0.15, 0.2) is 11.1 Å². The summed E-state index contributed by atoms with van der Waals surface area (Å²) in [6, 6.07) is 0. The number of aromatic amines is 1. The summed E-state index contributed by atoms with van der Waals surface area (Å²) < 4.78 is 6.21. The molecule has 26 heavy (non-hydrogen) atoms. The summed E-state index contributed by atoms with van der Waals surface area (Å²) in [5.74, 6) is 1.09. The fourth-order valence-electron chi connectivity index (χ4n) is 4.23. The highest BCUT2D eigenvalue weighted by atomic mass is 32.1. The predicted octanol–water partition coefficient (Wildman–Crippen LogP) is 2.88. The van der Waals surface area contributed by atoms with E-state index < -0.39 is 0 Å². The summed E-state index contributed by atoms with van der Waals surface area (Å²) in [6.45, 7) is 7.88. The minimum Gasteiger partial charge on any atom is -0.378 e.